The van der Waals surface area contributed by atoms with Crippen molar-refractivity contribution in [3.8, 4) is 11.3 Å². The Hall–Kier alpha value is -2.80. The third-order valence-corrected chi connectivity index (χ3v) is 5.57. The predicted octanol–water partition coefficient (Wildman–Crippen LogP) is 3.34. The summed E-state index contributed by atoms with van der Waals surface area (Å²) < 4.78 is 18.9. The van der Waals surface area contributed by atoms with Gasteiger partial charge in [0, 0.05) is 37.2 Å². The number of nitrogens with zero attached hydrogens (tertiary/aromatic N) is 3. The molecule has 2 aliphatic rings. The summed E-state index contributed by atoms with van der Waals surface area (Å²) in [5.74, 6) is -0.00645. The van der Waals surface area contributed by atoms with Crippen molar-refractivity contribution in [2.24, 2.45) is 0 Å². The maximum atomic E-state index is 13.5. The first-order chi connectivity index (χ1) is 13.6. The average Bonchev–Trinajstić information content (AvgIpc) is 3.46. The van der Waals surface area contributed by atoms with Crippen molar-refractivity contribution in [1.82, 2.24) is 20.4 Å². The van der Waals surface area contributed by atoms with E-state index in [4.69, 9.17) is 4.52 Å². The second-order valence-electron chi connectivity index (χ2n) is 7.64. The van der Waals surface area contributed by atoms with Crippen molar-refractivity contribution in [3.05, 3.63) is 47.4 Å². The molecule has 0 spiro atoms. The van der Waals surface area contributed by atoms with Crippen LogP contribution in [0.25, 0.3) is 22.4 Å². The molecule has 2 fully saturated rings. The molecule has 144 valence electrons. The number of fused-ring (bicyclic) bond motifs is 1. The van der Waals surface area contributed by atoms with Gasteiger partial charge >= 0.3 is 0 Å². The van der Waals surface area contributed by atoms with Gasteiger partial charge in [0.05, 0.1) is 22.3 Å². The number of piperazine rings is 1. The molecule has 0 unspecified atom stereocenters. The molecule has 3 aromatic rings. The highest BCUT2D eigenvalue weighted by Gasteiger charge is 2.34. The molecule has 3 heterocycles. The number of rotatable bonds is 3. The van der Waals surface area contributed by atoms with Crippen molar-refractivity contribution >= 4 is 17.0 Å². The lowest BCUT2D eigenvalue weighted by Gasteiger charge is -2.34. The van der Waals surface area contributed by atoms with Crippen LogP contribution in [0.4, 0.5) is 4.39 Å². The van der Waals surface area contributed by atoms with Crippen LogP contribution in [0.5, 0.6) is 0 Å². The van der Waals surface area contributed by atoms with Crippen LogP contribution < -0.4 is 5.32 Å². The molecule has 1 N–H and O–H groups in total. The van der Waals surface area contributed by atoms with E-state index in [-0.39, 0.29) is 17.8 Å². The Balaban J connectivity index is 1.66. The van der Waals surface area contributed by atoms with Crippen LogP contribution in [0, 0.1) is 5.82 Å². The van der Waals surface area contributed by atoms with Crippen molar-refractivity contribution in [2.75, 3.05) is 19.6 Å². The predicted molar refractivity (Wildman–Crippen MR) is 103 cm³/mol. The normalized spacial score (nSPS) is 19.9. The van der Waals surface area contributed by atoms with Crippen molar-refractivity contribution in [2.45, 2.75) is 31.7 Å². The lowest BCUT2D eigenvalue weighted by molar-refractivity contribution is 0.0657. The number of halogens is 1. The minimum Gasteiger partial charge on any atom is -0.335 e. The van der Waals surface area contributed by atoms with Gasteiger partial charge in [0.25, 0.3) is 11.6 Å². The van der Waals surface area contributed by atoms with Crippen LogP contribution in [0.2, 0.25) is 0 Å². The van der Waals surface area contributed by atoms with E-state index in [0.29, 0.717) is 29.4 Å². The van der Waals surface area contributed by atoms with Crippen molar-refractivity contribution in [3.63, 3.8) is 0 Å². The van der Waals surface area contributed by atoms with E-state index >= 15 is 0 Å². The fraction of sp³-hybridized carbons (Fsp3) is 0.381. The van der Waals surface area contributed by atoms with Crippen LogP contribution >= 0.6 is 0 Å². The highest BCUT2D eigenvalue weighted by molar-refractivity contribution is 6.07. The van der Waals surface area contributed by atoms with Gasteiger partial charge in [-0.15, -0.1) is 0 Å². The Kier molecular flexibility index (Phi) is 4.12. The summed E-state index contributed by atoms with van der Waals surface area (Å²) in [7, 11) is 0. The molecular formula is C21H21FN4O2. The number of hydrogen-bond donors (Lipinski definition) is 1. The second-order valence-corrected chi connectivity index (χ2v) is 7.64. The van der Waals surface area contributed by atoms with E-state index in [1.807, 2.05) is 11.8 Å². The van der Waals surface area contributed by atoms with Gasteiger partial charge in [0.15, 0.2) is 0 Å². The van der Waals surface area contributed by atoms with E-state index in [1.54, 1.807) is 18.2 Å². The molecule has 1 amide bonds. The summed E-state index contributed by atoms with van der Waals surface area (Å²) in [5, 5.41) is 8.27. The summed E-state index contributed by atoms with van der Waals surface area (Å²) in [6.45, 7) is 4.23. The Labute approximate surface area is 161 Å². The minimum atomic E-state index is -0.313. The summed E-state index contributed by atoms with van der Waals surface area (Å²) in [4.78, 5) is 20.0. The molecule has 0 bridgehead atoms. The largest absolute Gasteiger partial charge is 0.335 e. The van der Waals surface area contributed by atoms with Crippen LogP contribution in [0.1, 0.15) is 41.7 Å². The number of benzene rings is 1. The number of aromatic nitrogens is 2. The van der Waals surface area contributed by atoms with Crippen molar-refractivity contribution < 1.29 is 13.7 Å². The van der Waals surface area contributed by atoms with Crippen LogP contribution in [-0.2, 0) is 0 Å². The molecule has 1 saturated carbocycles. The zero-order valence-corrected chi connectivity index (χ0v) is 15.6. The maximum absolute atomic E-state index is 13.5. The molecule has 28 heavy (non-hydrogen) atoms. The van der Waals surface area contributed by atoms with Crippen LogP contribution in [-0.4, -0.2) is 46.6 Å². The molecule has 6 nitrogen and oxygen atoms in total. The molecule has 7 heteroatoms. The number of hydrogen-bond acceptors (Lipinski definition) is 5. The number of amides is 1. The molecule has 1 saturated heterocycles. The zero-order valence-electron chi connectivity index (χ0n) is 15.6. The summed E-state index contributed by atoms with van der Waals surface area (Å²) in [6, 6.07) is 7.99. The second kappa shape index (κ2) is 6.67. The lowest BCUT2D eigenvalue weighted by Crippen LogP contribution is -2.52. The van der Waals surface area contributed by atoms with Gasteiger partial charge in [0.1, 0.15) is 5.82 Å². The van der Waals surface area contributed by atoms with Gasteiger partial charge in [0.2, 0.25) is 0 Å². The van der Waals surface area contributed by atoms with E-state index in [9.17, 15) is 9.18 Å². The molecule has 1 atom stereocenters. The van der Waals surface area contributed by atoms with E-state index in [2.05, 4.69) is 15.5 Å². The lowest BCUT2D eigenvalue weighted by atomic mass is 10.0. The highest BCUT2D eigenvalue weighted by atomic mass is 19.1. The molecule has 1 aromatic carbocycles. The number of carbonyl (C=O) groups is 1. The fourth-order valence-corrected chi connectivity index (χ4v) is 3.84. The van der Waals surface area contributed by atoms with E-state index < -0.39 is 0 Å². The number of pyridine rings is 1. The van der Waals surface area contributed by atoms with E-state index in [0.717, 1.165) is 42.6 Å². The number of carbonyl (C=O) groups excluding carboxylic acids is 1. The monoisotopic (exact) mass is 380 g/mol. The topological polar surface area (TPSA) is 71.3 Å². The molecule has 2 aromatic heterocycles. The smallest absolute Gasteiger partial charge is 0.259 e. The van der Waals surface area contributed by atoms with Gasteiger partial charge in [-0.25, -0.2) is 9.37 Å². The van der Waals surface area contributed by atoms with Crippen LogP contribution in [0.3, 0.4) is 0 Å². The highest BCUT2D eigenvalue weighted by Crippen LogP contribution is 2.43. The summed E-state index contributed by atoms with van der Waals surface area (Å²) in [6.07, 6.45) is 2.11. The number of nitrogens with one attached hydrogen (secondary N) is 1. The first-order valence-electron chi connectivity index (χ1n) is 9.70. The Morgan fingerprint density at radius 3 is 2.79 bits per heavy atom. The van der Waals surface area contributed by atoms with Gasteiger partial charge < -0.3 is 14.7 Å². The van der Waals surface area contributed by atoms with E-state index in [1.165, 1.54) is 12.1 Å². The third kappa shape index (κ3) is 2.96. The van der Waals surface area contributed by atoms with Gasteiger partial charge in [-0.3, -0.25) is 4.79 Å². The first-order valence-corrected chi connectivity index (χ1v) is 9.70. The van der Waals surface area contributed by atoms with Crippen molar-refractivity contribution in [1.29, 1.82) is 0 Å². The summed E-state index contributed by atoms with van der Waals surface area (Å²) >= 11 is 0. The van der Waals surface area contributed by atoms with Crippen LogP contribution in [0.15, 0.2) is 34.9 Å². The Morgan fingerprint density at radius 2 is 2.07 bits per heavy atom. The Morgan fingerprint density at radius 1 is 1.29 bits per heavy atom. The molecule has 5 rings (SSSR count). The first kappa shape index (κ1) is 17.3. The van der Waals surface area contributed by atoms with Gasteiger partial charge in [-0.05, 0) is 50.1 Å². The van der Waals surface area contributed by atoms with Gasteiger partial charge in [-0.1, -0.05) is 5.16 Å². The zero-order chi connectivity index (χ0) is 19.3. The standard InChI is InChI=1S/C21H21FN4O2/c1-12-11-23-8-9-26(12)21(27)16-10-17(13-4-6-15(22)7-5-13)24-20-18(16)19(25-28-20)14-2-3-14/h4-7,10,12,14,23H,2-3,8-9,11H2,1H3/t12-/m0/s1. The quantitative estimate of drug-likeness (QED) is 0.755. The maximum Gasteiger partial charge on any atom is 0.259 e. The SMILES string of the molecule is C[C@H]1CNCCN1C(=O)c1cc(-c2ccc(F)cc2)nc2onc(C3CC3)c12. The fourth-order valence-electron chi connectivity index (χ4n) is 3.84. The molecule has 1 aliphatic heterocycles. The molecule has 1 aliphatic carbocycles. The third-order valence-electron chi connectivity index (χ3n) is 5.57. The minimum absolute atomic E-state index is 0.0325. The Bertz CT molecular complexity index is 1040. The average molecular weight is 380 g/mol. The molecular weight excluding hydrogens is 359 g/mol. The summed E-state index contributed by atoms with van der Waals surface area (Å²) in [5.41, 5.74) is 3.09. The molecule has 0 radical (unpaired) electrons. The van der Waals surface area contributed by atoms with Gasteiger partial charge in [-0.2, -0.15) is 0 Å².